The molecular weight excluding hydrogens is 256 g/mol. The molecule has 0 aliphatic carbocycles. The summed E-state index contributed by atoms with van der Waals surface area (Å²) in [6, 6.07) is -0.266. The minimum Gasteiger partial charge on any atom is -0.355 e. The minimum atomic E-state index is -0.266. The van der Waals surface area contributed by atoms with Crippen LogP contribution < -0.4 is 10.6 Å². The van der Waals surface area contributed by atoms with Gasteiger partial charge in [0.2, 0.25) is 11.8 Å². The van der Waals surface area contributed by atoms with E-state index in [0.29, 0.717) is 12.5 Å². The van der Waals surface area contributed by atoms with E-state index in [0.717, 1.165) is 26.2 Å². The standard InChI is InChI=1S/C14H28N4O2/c1-11(2)9-16-13(19)10-17(4)12(3)14(20)18-7-5-15-6-8-18/h11-12,15H,5-10H2,1-4H3,(H,16,19). The molecule has 20 heavy (non-hydrogen) atoms. The first-order valence-corrected chi connectivity index (χ1v) is 7.38. The third-order valence-electron chi connectivity index (χ3n) is 3.55. The summed E-state index contributed by atoms with van der Waals surface area (Å²) < 4.78 is 0. The predicted octanol–water partition coefficient (Wildman–Crippen LogP) is -0.489. The number of rotatable bonds is 6. The topological polar surface area (TPSA) is 64.7 Å². The van der Waals surface area contributed by atoms with E-state index in [1.807, 2.05) is 18.9 Å². The molecule has 0 aromatic carbocycles. The first-order valence-electron chi connectivity index (χ1n) is 7.38. The Kier molecular flexibility index (Phi) is 6.95. The van der Waals surface area contributed by atoms with E-state index < -0.39 is 0 Å². The number of amides is 2. The van der Waals surface area contributed by atoms with E-state index in [-0.39, 0.29) is 24.4 Å². The minimum absolute atomic E-state index is 0.0267. The molecule has 1 heterocycles. The number of piperazine rings is 1. The summed E-state index contributed by atoms with van der Waals surface area (Å²) in [7, 11) is 1.82. The summed E-state index contributed by atoms with van der Waals surface area (Å²) in [5, 5.41) is 6.10. The van der Waals surface area contributed by atoms with Crippen molar-refractivity contribution >= 4 is 11.8 Å². The van der Waals surface area contributed by atoms with Crippen molar-refractivity contribution in [3.8, 4) is 0 Å². The van der Waals surface area contributed by atoms with Crippen LogP contribution in [0, 0.1) is 5.92 Å². The van der Waals surface area contributed by atoms with E-state index in [4.69, 9.17) is 0 Å². The van der Waals surface area contributed by atoms with Gasteiger partial charge in [0.15, 0.2) is 0 Å². The molecule has 6 heteroatoms. The van der Waals surface area contributed by atoms with E-state index in [1.54, 1.807) is 4.90 Å². The first-order chi connectivity index (χ1) is 9.41. The molecule has 0 spiro atoms. The smallest absolute Gasteiger partial charge is 0.239 e. The molecule has 0 aromatic rings. The zero-order valence-corrected chi connectivity index (χ0v) is 13.1. The van der Waals surface area contributed by atoms with Gasteiger partial charge >= 0.3 is 0 Å². The van der Waals surface area contributed by atoms with E-state index in [2.05, 4.69) is 24.5 Å². The van der Waals surface area contributed by atoms with Crippen molar-refractivity contribution < 1.29 is 9.59 Å². The summed E-state index contributed by atoms with van der Waals surface area (Å²) >= 11 is 0. The fourth-order valence-electron chi connectivity index (χ4n) is 2.08. The maximum atomic E-state index is 12.3. The van der Waals surface area contributed by atoms with E-state index >= 15 is 0 Å². The van der Waals surface area contributed by atoms with Gasteiger partial charge in [0.05, 0.1) is 12.6 Å². The average Bonchev–Trinajstić information content (AvgIpc) is 2.44. The molecule has 1 aliphatic heterocycles. The van der Waals surface area contributed by atoms with Crippen LogP contribution in [0.3, 0.4) is 0 Å². The number of likely N-dealkylation sites (N-methyl/N-ethyl adjacent to an activating group) is 1. The zero-order valence-electron chi connectivity index (χ0n) is 13.1. The Morgan fingerprint density at radius 2 is 1.85 bits per heavy atom. The Morgan fingerprint density at radius 3 is 2.40 bits per heavy atom. The molecule has 2 N–H and O–H groups in total. The van der Waals surface area contributed by atoms with Crippen molar-refractivity contribution in [2.24, 2.45) is 5.92 Å². The van der Waals surface area contributed by atoms with Gasteiger partial charge in [0, 0.05) is 32.7 Å². The van der Waals surface area contributed by atoms with Gasteiger partial charge in [-0.15, -0.1) is 0 Å². The number of carbonyl (C=O) groups is 2. The van der Waals surface area contributed by atoms with Crippen LogP contribution in [0.2, 0.25) is 0 Å². The molecule has 1 unspecified atom stereocenters. The van der Waals surface area contributed by atoms with Crippen molar-refractivity contribution in [3.05, 3.63) is 0 Å². The Labute approximate surface area is 121 Å². The molecule has 1 saturated heterocycles. The average molecular weight is 284 g/mol. The highest BCUT2D eigenvalue weighted by Crippen LogP contribution is 2.03. The number of hydrogen-bond donors (Lipinski definition) is 2. The summed E-state index contributed by atoms with van der Waals surface area (Å²) in [4.78, 5) is 27.8. The van der Waals surface area contributed by atoms with Gasteiger partial charge < -0.3 is 15.5 Å². The lowest BCUT2D eigenvalue weighted by molar-refractivity contribution is -0.137. The van der Waals surface area contributed by atoms with Gasteiger partial charge in [-0.05, 0) is 19.9 Å². The first kappa shape index (κ1) is 16.9. The van der Waals surface area contributed by atoms with Crippen molar-refractivity contribution in [2.45, 2.75) is 26.8 Å². The van der Waals surface area contributed by atoms with Gasteiger partial charge in [0.1, 0.15) is 0 Å². The van der Waals surface area contributed by atoms with Crippen LogP contribution in [-0.2, 0) is 9.59 Å². The molecule has 1 fully saturated rings. The summed E-state index contributed by atoms with van der Waals surface area (Å²) in [6.45, 7) is 10.1. The van der Waals surface area contributed by atoms with Crippen LogP contribution in [0.15, 0.2) is 0 Å². The number of nitrogens with zero attached hydrogens (tertiary/aromatic N) is 2. The second kappa shape index (κ2) is 8.21. The third kappa shape index (κ3) is 5.46. The summed E-state index contributed by atoms with van der Waals surface area (Å²) in [5.41, 5.74) is 0. The maximum Gasteiger partial charge on any atom is 0.239 e. The van der Waals surface area contributed by atoms with E-state index in [1.165, 1.54) is 0 Å². The molecule has 1 aliphatic rings. The zero-order chi connectivity index (χ0) is 15.1. The SMILES string of the molecule is CC(C)CNC(=O)CN(C)C(C)C(=O)N1CCNCC1. The van der Waals surface area contributed by atoms with Crippen molar-refractivity contribution in [2.75, 3.05) is 46.3 Å². The molecule has 0 aromatic heterocycles. The van der Waals surface area contributed by atoms with Gasteiger partial charge in [0.25, 0.3) is 0 Å². The highest BCUT2D eigenvalue weighted by atomic mass is 16.2. The predicted molar refractivity (Wildman–Crippen MR) is 79.4 cm³/mol. The molecule has 1 atom stereocenters. The fourth-order valence-corrected chi connectivity index (χ4v) is 2.08. The molecule has 2 amide bonds. The highest BCUT2D eigenvalue weighted by Gasteiger charge is 2.25. The van der Waals surface area contributed by atoms with Crippen LogP contribution in [0.5, 0.6) is 0 Å². The van der Waals surface area contributed by atoms with Crippen molar-refractivity contribution in [1.82, 2.24) is 20.4 Å². The second-order valence-electron chi connectivity index (χ2n) is 5.86. The lowest BCUT2D eigenvalue weighted by atomic mass is 10.2. The van der Waals surface area contributed by atoms with Crippen molar-refractivity contribution in [1.29, 1.82) is 0 Å². The molecule has 6 nitrogen and oxygen atoms in total. The monoisotopic (exact) mass is 284 g/mol. The fraction of sp³-hybridized carbons (Fsp3) is 0.857. The molecule has 116 valence electrons. The van der Waals surface area contributed by atoms with Gasteiger partial charge in [-0.2, -0.15) is 0 Å². The highest BCUT2D eigenvalue weighted by molar-refractivity contribution is 5.83. The Bertz CT molecular complexity index is 327. The summed E-state index contributed by atoms with van der Waals surface area (Å²) in [5.74, 6) is 0.510. The Morgan fingerprint density at radius 1 is 1.25 bits per heavy atom. The molecular formula is C14H28N4O2. The molecule has 1 rings (SSSR count). The van der Waals surface area contributed by atoms with Crippen LogP contribution in [0.25, 0.3) is 0 Å². The van der Waals surface area contributed by atoms with Crippen LogP contribution in [0.1, 0.15) is 20.8 Å². The number of hydrogen-bond acceptors (Lipinski definition) is 4. The second-order valence-corrected chi connectivity index (χ2v) is 5.86. The van der Waals surface area contributed by atoms with Crippen LogP contribution in [-0.4, -0.2) is 74.0 Å². The number of carbonyl (C=O) groups excluding carboxylic acids is 2. The van der Waals surface area contributed by atoms with Crippen molar-refractivity contribution in [3.63, 3.8) is 0 Å². The Hall–Kier alpha value is -1.14. The third-order valence-corrected chi connectivity index (χ3v) is 3.55. The van der Waals surface area contributed by atoms with Gasteiger partial charge in [-0.3, -0.25) is 14.5 Å². The maximum absolute atomic E-state index is 12.3. The van der Waals surface area contributed by atoms with Gasteiger partial charge in [-0.25, -0.2) is 0 Å². The lowest BCUT2D eigenvalue weighted by Gasteiger charge is -2.32. The van der Waals surface area contributed by atoms with Crippen LogP contribution >= 0.6 is 0 Å². The van der Waals surface area contributed by atoms with Gasteiger partial charge in [-0.1, -0.05) is 13.8 Å². The largest absolute Gasteiger partial charge is 0.355 e. The quantitative estimate of drug-likeness (QED) is 0.691. The normalized spacial score (nSPS) is 17.4. The molecule has 0 radical (unpaired) electrons. The summed E-state index contributed by atoms with van der Waals surface area (Å²) in [6.07, 6.45) is 0. The van der Waals surface area contributed by atoms with E-state index in [9.17, 15) is 9.59 Å². The molecule has 0 saturated carbocycles. The van der Waals surface area contributed by atoms with Crippen LogP contribution in [0.4, 0.5) is 0 Å². The molecule has 0 bridgehead atoms. The Balaban J connectivity index is 2.38. The lowest BCUT2D eigenvalue weighted by Crippen LogP contribution is -2.53. The number of nitrogens with one attached hydrogen (secondary N) is 2.